The van der Waals surface area contributed by atoms with Gasteiger partial charge in [0.1, 0.15) is 11.8 Å². The van der Waals surface area contributed by atoms with Crippen molar-refractivity contribution in [3.8, 4) is 5.88 Å². The number of hydrogen-bond acceptors (Lipinski definition) is 3. The first-order valence-corrected chi connectivity index (χ1v) is 4.26. The highest BCUT2D eigenvalue weighted by Crippen LogP contribution is 2.37. The number of hydrogen-bond donors (Lipinski definition) is 0. The van der Waals surface area contributed by atoms with Crippen LogP contribution in [-0.2, 0) is 10.9 Å². The summed E-state index contributed by atoms with van der Waals surface area (Å²) in [5.41, 5.74) is -0.394. The van der Waals surface area contributed by atoms with E-state index in [1.54, 1.807) is 0 Å². The molecule has 1 aliphatic rings. The van der Waals surface area contributed by atoms with Crippen LogP contribution in [0.5, 0.6) is 5.88 Å². The van der Waals surface area contributed by atoms with E-state index < -0.39 is 11.9 Å². The Balaban J connectivity index is 2.38. The van der Waals surface area contributed by atoms with Gasteiger partial charge in [-0.3, -0.25) is 0 Å². The van der Waals surface area contributed by atoms with E-state index in [9.17, 15) is 13.2 Å². The highest BCUT2D eigenvalue weighted by Gasteiger charge is 2.35. The Bertz CT molecular complexity index is 374. The van der Waals surface area contributed by atoms with Crippen molar-refractivity contribution in [2.45, 2.75) is 12.3 Å². The zero-order valence-electron chi connectivity index (χ0n) is 7.84. The van der Waals surface area contributed by atoms with E-state index in [0.29, 0.717) is 12.2 Å². The van der Waals surface area contributed by atoms with Crippen LogP contribution in [0.25, 0.3) is 0 Å². The van der Waals surface area contributed by atoms with Crippen molar-refractivity contribution in [2.24, 2.45) is 0 Å². The monoisotopic (exact) mass is 219 g/mol. The van der Waals surface area contributed by atoms with Gasteiger partial charge in [0.05, 0.1) is 13.7 Å². The number of methoxy groups -OCH3 is 1. The highest BCUT2D eigenvalue weighted by molar-refractivity contribution is 5.33. The third-order valence-corrected chi connectivity index (χ3v) is 2.05. The predicted octanol–water partition coefficient (Wildman–Crippen LogP) is 2.18. The molecule has 2 heterocycles. The summed E-state index contributed by atoms with van der Waals surface area (Å²) in [6.07, 6.45) is -4.62. The minimum Gasteiger partial charge on any atom is -0.481 e. The van der Waals surface area contributed by atoms with Gasteiger partial charge in [-0.2, -0.15) is 13.2 Å². The van der Waals surface area contributed by atoms with Crippen LogP contribution in [0.2, 0.25) is 0 Å². The Morgan fingerprint density at radius 2 is 2.13 bits per heavy atom. The molecule has 15 heavy (non-hydrogen) atoms. The summed E-state index contributed by atoms with van der Waals surface area (Å²) in [4.78, 5) is 3.40. The number of pyridine rings is 1. The molecule has 0 saturated carbocycles. The molecule has 1 aliphatic heterocycles. The number of epoxide rings is 1. The number of halogens is 3. The van der Waals surface area contributed by atoms with Crippen LogP contribution in [0.3, 0.4) is 0 Å². The quantitative estimate of drug-likeness (QED) is 0.715. The Kier molecular flexibility index (Phi) is 2.30. The standard InChI is InChI=1S/C9H8F3NO2/c1-14-8-5(6-4-15-6)2-3-7(13-8)9(10,11)12/h2-3,6H,4H2,1H3. The number of ether oxygens (including phenoxy) is 2. The third-order valence-electron chi connectivity index (χ3n) is 2.05. The molecule has 0 N–H and O–H groups in total. The summed E-state index contributed by atoms with van der Waals surface area (Å²) in [7, 11) is 1.29. The molecule has 0 radical (unpaired) electrons. The topological polar surface area (TPSA) is 34.6 Å². The summed E-state index contributed by atoms with van der Waals surface area (Å²) in [6, 6.07) is 2.27. The average Bonchev–Trinajstić information content (AvgIpc) is 2.98. The molecule has 1 saturated heterocycles. The maximum atomic E-state index is 12.3. The first-order chi connectivity index (χ1) is 7.02. The first-order valence-electron chi connectivity index (χ1n) is 4.26. The van der Waals surface area contributed by atoms with E-state index in [-0.39, 0.29) is 12.0 Å². The van der Waals surface area contributed by atoms with Crippen LogP contribution in [0.15, 0.2) is 12.1 Å². The first kappa shape index (κ1) is 10.2. The van der Waals surface area contributed by atoms with E-state index >= 15 is 0 Å². The molecule has 0 bridgehead atoms. The van der Waals surface area contributed by atoms with Gasteiger partial charge in [0.25, 0.3) is 0 Å². The lowest BCUT2D eigenvalue weighted by atomic mass is 10.2. The van der Waals surface area contributed by atoms with Gasteiger partial charge >= 0.3 is 6.18 Å². The molecule has 6 heteroatoms. The van der Waals surface area contributed by atoms with Gasteiger partial charge < -0.3 is 9.47 Å². The van der Waals surface area contributed by atoms with Crippen molar-refractivity contribution in [3.63, 3.8) is 0 Å². The second-order valence-electron chi connectivity index (χ2n) is 3.11. The summed E-state index contributed by atoms with van der Waals surface area (Å²) >= 11 is 0. The fourth-order valence-electron chi connectivity index (χ4n) is 1.25. The predicted molar refractivity (Wildman–Crippen MR) is 44.5 cm³/mol. The molecule has 0 amide bonds. The van der Waals surface area contributed by atoms with Crippen LogP contribution in [0, 0.1) is 0 Å². The molecule has 1 unspecified atom stereocenters. The van der Waals surface area contributed by atoms with Crippen LogP contribution >= 0.6 is 0 Å². The minimum absolute atomic E-state index is 0.0210. The Morgan fingerprint density at radius 1 is 1.47 bits per heavy atom. The van der Waals surface area contributed by atoms with E-state index in [1.165, 1.54) is 13.2 Å². The largest absolute Gasteiger partial charge is 0.481 e. The van der Waals surface area contributed by atoms with Crippen LogP contribution in [-0.4, -0.2) is 18.7 Å². The fourth-order valence-corrected chi connectivity index (χ4v) is 1.25. The SMILES string of the molecule is COc1nc(C(F)(F)F)ccc1C1CO1. The second kappa shape index (κ2) is 3.37. The van der Waals surface area contributed by atoms with E-state index in [4.69, 9.17) is 9.47 Å². The normalized spacial score (nSPS) is 20.1. The fraction of sp³-hybridized carbons (Fsp3) is 0.444. The zero-order valence-corrected chi connectivity index (χ0v) is 7.84. The van der Waals surface area contributed by atoms with Crippen molar-refractivity contribution in [1.29, 1.82) is 0 Å². The lowest BCUT2D eigenvalue weighted by Crippen LogP contribution is -2.09. The van der Waals surface area contributed by atoms with E-state index in [1.807, 2.05) is 0 Å². The number of rotatable bonds is 2. The van der Waals surface area contributed by atoms with Crippen LogP contribution in [0.1, 0.15) is 17.4 Å². The molecule has 82 valence electrons. The van der Waals surface area contributed by atoms with Crippen molar-refractivity contribution >= 4 is 0 Å². The molecule has 0 aliphatic carbocycles. The zero-order chi connectivity index (χ0) is 11.1. The molecule has 1 fully saturated rings. The van der Waals surface area contributed by atoms with Gasteiger partial charge in [0, 0.05) is 5.56 Å². The Morgan fingerprint density at radius 3 is 2.60 bits per heavy atom. The van der Waals surface area contributed by atoms with Gasteiger partial charge in [-0.15, -0.1) is 0 Å². The van der Waals surface area contributed by atoms with E-state index in [2.05, 4.69) is 4.98 Å². The molecule has 0 aromatic carbocycles. The summed E-state index contributed by atoms with van der Waals surface area (Å²) in [5, 5.41) is 0. The average molecular weight is 219 g/mol. The minimum atomic E-state index is -4.45. The number of alkyl halides is 3. The molecular weight excluding hydrogens is 211 g/mol. The lowest BCUT2D eigenvalue weighted by molar-refractivity contribution is -0.141. The third kappa shape index (κ3) is 2.04. The molecule has 1 aromatic rings. The molecule has 0 spiro atoms. The van der Waals surface area contributed by atoms with Gasteiger partial charge in [-0.1, -0.05) is 0 Å². The highest BCUT2D eigenvalue weighted by atomic mass is 19.4. The summed E-state index contributed by atoms with van der Waals surface area (Å²) in [5.74, 6) is -0.0210. The van der Waals surface area contributed by atoms with Crippen molar-refractivity contribution in [2.75, 3.05) is 13.7 Å². The van der Waals surface area contributed by atoms with Crippen molar-refractivity contribution in [1.82, 2.24) is 4.98 Å². The van der Waals surface area contributed by atoms with Crippen LogP contribution < -0.4 is 4.74 Å². The number of aromatic nitrogens is 1. The maximum absolute atomic E-state index is 12.3. The Labute approximate surface area is 83.8 Å². The lowest BCUT2D eigenvalue weighted by Gasteiger charge is -2.09. The van der Waals surface area contributed by atoms with Crippen molar-refractivity contribution in [3.05, 3.63) is 23.4 Å². The van der Waals surface area contributed by atoms with Gasteiger partial charge in [0.2, 0.25) is 5.88 Å². The van der Waals surface area contributed by atoms with Crippen LogP contribution in [0.4, 0.5) is 13.2 Å². The van der Waals surface area contributed by atoms with E-state index in [0.717, 1.165) is 6.07 Å². The molecule has 1 aromatic heterocycles. The molecule has 1 atom stereocenters. The Hall–Kier alpha value is -1.30. The summed E-state index contributed by atoms with van der Waals surface area (Å²) in [6.45, 7) is 0.503. The summed E-state index contributed by atoms with van der Waals surface area (Å²) < 4.78 is 46.7. The molecular formula is C9H8F3NO2. The van der Waals surface area contributed by atoms with Gasteiger partial charge in [0.15, 0.2) is 0 Å². The maximum Gasteiger partial charge on any atom is 0.433 e. The smallest absolute Gasteiger partial charge is 0.433 e. The van der Waals surface area contributed by atoms with Gasteiger partial charge in [-0.25, -0.2) is 4.98 Å². The van der Waals surface area contributed by atoms with Crippen molar-refractivity contribution < 1.29 is 22.6 Å². The molecule has 2 rings (SSSR count). The second-order valence-corrected chi connectivity index (χ2v) is 3.11. The molecule has 3 nitrogen and oxygen atoms in total. The van der Waals surface area contributed by atoms with Gasteiger partial charge in [-0.05, 0) is 12.1 Å². The number of nitrogens with zero attached hydrogens (tertiary/aromatic N) is 1.